The van der Waals surface area contributed by atoms with E-state index < -0.39 is 0 Å². The third-order valence-corrected chi connectivity index (χ3v) is 4.49. The number of nitrogens with zero attached hydrogens (tertiary/aromatic N) is 3. The second kappa shape index (κ2) is 6.91. The first kappa shape index (κ1) is 14.3. The highest BCUT2D eigenvalue weighted by Crippen LogP contribution is 2.33. The molecule has 1 aromatic heterocycles. The fourth-order valence-corrected chi connectivity index (χ4v) is 3.36. The van der Waals surface area contributed by atoms with Crippen molar-refractivity contribution in [1.82, 2.24) is 20.2 Å². The van der Waals surface area contributed by atoms with Gasteiger partial charge in [0.15, 0.2) is 5.16 Å². The SMILES string of the molecule is CCn1c(SCC(=O)NN)nnc1C1CCCCC1. The lowest BCUT2D eigenvalue weighted by Crippen LogP contribution is -2.31. The van der Waals surface area contributed by atoms with Crippen LogP contribution in [-0.4, -0.2) is 26.4 Å². The van der Waals surface area contributed by atoms with Gasteiger partial charge in [-0.15, -0.1) is 10.2 Å². The number of hydrogen-bond acceptors (Lipinski definition) is 5. The maximum absolute atomic E-state index is 11.2. The number of nitrogens with two attached hydrogens (primary N) is 1. The van der Waals surface area contributed by atoms with Crippen molar-refractivity contribution in [2.45, 2.75) is 56.6 Å². The minimum atomic E-state index is -0.199. The van der Waals surface area contributed by atoms with Crippen molar-refractivity contribution < 1.29 is 4.79 Å². The molecular formula is C12H21N5OS. The molecule has 1 aliphatic carbocycles. The van der Waals surface area contributed by atoms with Crippen LogP contribution in [0.3, 0.4) is 0 Å². The maximum Gasteiger partial charge on any atom is 0.244 e. The Labute approximate surface area is 117 Å². The summed E-state index contributed by atoms with van der Waals surface area (Å²) in [5.41, 5.74) is 2.13. The fraction of sp³-hybridized carbons (Fsp3) is 0.750. The Balaban J connectivity index is 2.08. The third kappa shape index (κ3) is 3.48. The van der Waals surface area contributed by atoms with E-state index in [4.69, 9.17) is 5.84 Å². The van der Waals surface area contributed by atoms with Gasteiger partial charge >= 0.3 is 0 Å². The van der Waals surface area contributed by atoms with Crippen LogP contribution >= 0.6 is 11.8 Å². The van der Waals surface area contributed by atoms with Crippen LogP contribution in [-0.2, 0) is 11.3 Å². The first-order valence-corrected chi connectivity index (χ1v) is 7.80. The molecule has 1 amide bonds. The molecule has 0 bridgehead atoms. The molecule has 0 atom stereocenters. The average molecular weight is 283 g/mol. The molecule has 0 aromatic carbocycles. The predicted molar refractivity (Wildman–Crippen MR) is 74.6 cm³/mol. The minimum Gasteiger partial charge on any atom is -0.306 e. The van der Waals surface area contributed by atoms with Crippen LogP contribution in [0.2, 0.25) is 0 Å². The van der Waals surface area contributed by atoms with E-state index in [1.807, 2.05) is 0 Å². The largest absolute Gasteiger partial charge is 0.306 e. The van der Waals surface area contributed by atoms with Gasteiger partial charge in [0.1, 0.15) is 5.82 Å². The van der Waals surface area contributed by atoms with Gasteiger partial charge < -0.3 is 4.57 Å². The van der Waals surface area contributed by atoms with E-state index in [9.17, 15) is 4.79 Å². The van der Waals surface area contributed by atoms with Gasteiger partial charge in [-0.1, -0.05) is 31.0 Å². The van der Waals surface area contributed by atoms with E-state index in [0.29, 0.717) is 5.92 Å². The van der Waals surface area contributed by atoms with Gasteiger partial charge in [0, 0.05) is 12.5 Å². The smallest absolute Gasteiger partial charge is 0.244 e. The molecule has 1 heterocycles. The molecule has 19 heavy (non-hydrogen) atoms. The van der Waals surface area contributed by atoms with Gasteiger partial charge in [0.25, 0.3) is 0 Å². The van der Waals surface area contributed by atoms with Crippen molar-refractivity contribution >= 4 is 17.7 Å². The standard InChI is InChI=1S/C12H21N5OS/c1-2-17-11(9-6-4-3-5-7-9)15-16-12(17)19-8-10(18)14-13/h9H,2-8,13H2,1H3,(H,14,18). The Morgan fingerprint density at radius 1 is 1.42 bits per heavy atom. The number of nitrogens with one attached hydrogen (secondary N) is 1. The summed E-state index contributed by atoms with van der Waals surface area (Å²) in [5, 5.41) is 9.38. The van der Waals surface area contributed by atoms with Crippen LogP contribution in [0.25, 0.3) is 0 Å². The molecule has 3 N–H and O–H groups in total. The number of aromatic nitrogens is 3. The van der Waals surface area contributed by atoms with Crippen molar-refractivity contribution in [2.24, 2.45) is 5.84 Å². The molecule has 1 fully saturated rings. The molecule has 1 saturated carbocycles. The quantitative estimate of drug-likeness (QED) is 0.369. The van der Waals surface area contributed by atoms with Gasteiger partial charge in [0.05, 0.1) is 5.75 Å². The molecule has 0 saturated heterocycles. The molecule has 7 heteroatoms. The Morgan fingerprint density at radius 3 is 2.79 bits per heavy atom. The summed E-state index contributed by atoms with van der Waals surface area (Å²) in [6.07, 6.45) is 6.28. The van der Waals surface area contributed by atoms with Crippen LogP contribution in [0.4, 0.5) is 0 Å². The van der Waals surface area contributed by atoms with Crippen LogP contribution in [0.1, 0.15) is 50.8 Å². The summed E-state index contributed by atoms with van der Waals surface area (Å²) in [7, 11) is 0. The lowest BCUT2D eigenvalue weighted by molar-refractivity contribution is -0.118. The highest BCUT2D eigenvalue weighted by atomic mass is 32.2. The molecule has 0 radical (unpaired) electrons. The fourth-order valence-electron chi connectivity index (χ4n) is 2.54. The maximum atomic E-state index is 11.2. The number of thioether (sulfide) groups is 1. The van der Waals surface area contributed by atoms with E-state index in [0.717, 1.165) is 17.5 Å². The van der Waals surface area contributed by atoms with Gasteiger partial charge in [-0.3, -0.25) is 10.2 Å². The Kier molecular flexibility index (Phi) is 5.21. The van der Waals surface area contributed by atoms with Crippen LogP contribution in [0.15, 0.2) is 5.16 Å². The number of carbonyl (C=O) groups is 1. The molecule has 0 unspecified atom stereocenters. The van der Waals surface area contributed by atoms with E-state index in [2.05, 4.69) is 27.1 Å². The first-order chi connectivity index (χ1) is 9.26. The second-order valence-electron chi connectivity index (χ2n) is 4.78. The Morgan fingerprint density at radius 2 is 2.16 bits per heavy atom. The summed E-state index contributed by atoms with van der Waals surface area (Å²) in [4.78, 5) is 11.2. The molecule has 106 valence electrons. The monoisotopic (exact) mass is 283 g/mol. The van der Waals surface area contributed by atoms with E-state index in [1.54, 1.807) is 0 Å². The van der Waals surface area contributed by atoms with Crippen molar-refractivity contribution in [2.75, 3.05) is 5.75 Å². The zero-order chi connectivity index (χ0) is 13.7. The number of carbonyl (C=O) groups excluding carboxylic acids is 1. The van der Waals surface area contributed by atoms with Gasteiger partial charge in [-0.2, -0.15) is 0 Å². The van der Waals surface area contributed by atoms with Crippen LogP contribution in [0, 0.1) is 0 Å². The van der Waals surface area contributed by atoms with Crippen molar-refractivity contribution in [1.29, 1.82) is 0 Å². The molecule has 6 nitrogen and oxygen atoms in total. The zero-order valence-corrected chi connectivity index (χ0v) is 12.1. The number of amides is 1. The predicted octanol–water partition coefficient (Wildman–Crippen LogP) is 1.43. The number of rotatable bonds is 5. The Hall–Kier alpha value is -1.08. The van der Waals surface area contributed by atoms with Gasteiger partial charge in [-0.25, -0.2) is 5.84 Å². The molecular weight excluding hydrogens is 262 g/mol. The highest BCUT2D eigenvalue weighted by Gasteiger charge is 2.22. The molecule has 0 spiro atoms. The van der Waals surface area contributed by atoms with Crippen molar-refractivity contribution in [3.05, 3.63) is 5.82 Å². The van der Waals surface area contributed by atoms with E-state index in [1.165, 1.54) is 43.9 Å². The summed E-state index contributed by atoms with van der Waals surface area (Å²) >= 11 is 1.39. The first-order valence-electron chi connectivity index (χ1n) is 6.81. The van der Waals surface area contributed by atoms with E-state index in [-0.39, 0.29) is 11.7 Å². The summed E-state index contributed by atoms with van der Waals surface area (Å²) in [5.74, 6) is 6.76. The summed E-state index contributed by atoms with van der Waals surface area (Å²) in [6, 6.07) is 0. The van der Waals surface area contributed by atoms with E-state index >= 15 is 0 Å². The summed E-state index contributed by atoms with van der Waals surface area (Å²) in [6.45, 7) is 2.92. The van der Waals surface area contributed by atoms with Gasteiger partial charge in [0.2, 0.25) is 5.91 Å². The lowest BCUT2D eigenvalue weighted by atomic mass is 9.89. The minimum absolute atomic E-state index is 0.199. The zero-order valence-electron chi connectivity index (χ0n) is 11.3. The van der Waals surface area contributed by atoms with Crippen LogP contribution in [0.5, 0.6) is 0 Å². The normalized spacial score (nSPS) is 16.5. The van der Waals surface area contributed by atoms with Crippen molar-refractivity contribution in [3.63, 3.8) is 0 Å². The molecule has 1 aromatic rings. The number of hydrogen-bond donors (Lipinski definition) is 2. The van der Waals surface area contributed by atoms with Crippen molar-refractivity contribution in [3.8, 4) is 0 Å². The van der Waals surface area contributed by atoms with Crippen LogP contribution < -0.4 is 11.3 Å². The molecule has 1 aliphatic rings. The number of hydrazine groups is 1. The third-order valence-electron chi connectivity index (χ3n) is 3.53. The van der Waals surface area contributed by atoms with Gasteiger partial charge in [-0.05, 0) is 19.8 Å². The lowest BCUT2D eigenvalue weighted by Gasteiger charge is -2.21. The molecule has 0 aliphatic heterocycles. The second-order valence-corrected chi connectivity index (χ2v) is 5.72. The topological polar surface area (TPSA) is 85.8 Å². The average Bonchev–Trinajstić information content (AvgIpc) is 2.88. The highest BCUT2D eigenvalue weighted by molar-refractivity contribution is 7.99. The molecule has 2 rings (SSSR count). The Bertz CT molecular complexity index is 428. The summed E-state index contributed by atoms with van der Waals surface area (Å²) < 4.78 is 2.13.